The maximum atomic E-state index is 13.8. The zero-order chi connectivity index (χ0) is 24.3. The highest BCUT2D eigenvalue weighted by Gasteiger charge is 2.29. The van der Waals surface area contributed by atoms with Gasteiger partial charge in [-0.05, 0) is 41.3 Å². The van der Waals surface area contributed by atoms with Crippen LogP contribution in [0.5, 0.6) is 0 Å². The van der Waals surface area contributed by atoms with E-state index in [1.807, 2.05) is 47.0 Å². The van der Waals surface area contributed by atoms with Crippen molar-refractivity contribution >= 4 is 33.6 Å². The molecule has 6 rings (SSSR count). The van der Waals surface area contributed by atoms with Crippen molar-refractivity contribution in [1.29, 1.82) is 0 Å². The number of rotatable bonds is 3. The summed E-state index contributed by atoms with van der Waals surface area (Å²) >= 11 is 0. The molecule has 0 saturated carbocycles. The predicted molar refractivity (Wildman–Crippen MR) is 140 cm³/mol. The van der Waals surface area contributed by atoms with E-state index in [9.17, 15) is 9.59 Å². The number of imidazole rings is 1. The van der Waals surface area contributed by atoms with Crippen LogP contribution in [0.3, 0.4) is 0 Å². The molecule has 0 radical (unpaired) electrons. The van der Waals surface area contributed by atoms with Gasteiger partial charge in [0, 0.05) is 25.8 Å². The van der Waals surface area contributed by atoms with Crippen molar-refractivity contribution in [2.75, 3.05) is 11.4 Å². The maximum absolute atomic E-state index is 13.8. The van der Waals surface area contributed by atoms with Gasteiger partial charge in [0.2, 0.25) is 5.95 Å². The van der Waals surface area contributed by atoms with Gasteiger partial charge in [0.1, 0.15) is 0 Å². The molecule has 0 aliphatic carbocycles. The van der Waals surface area contributed by atoms with Gasteiger partial charge in [-0.3, -0.25) is 13.9 Å². The van der Waals surface area contributed by atoms with Crippen molar-refractivity contribution in [3.63, 3.8) is 0 Å². The lowest BCUT2D eigenvalue weighted by Gasteiger charge is -2.33. The highest BCUT2D eigenvalue weighted by molar-refractivity contribution is 5.85. The molecule has 3 aromatic carbocycles. The van der Waals surface area contributed by atoms with E-state index in [1.165, 1.54) is 14.7 Å². The molecular formula is C28H27N5O2. The summed E-state index contributed by atoms with van der Waals surface area (Å²) in [7, 11) is 1.70. The zero-order valence-electron chi connectivity index (χ0n) is 20.1. The van der Waals surface area contributed by atoms with Crippen LogP contribution >= 0.6 is 0 Å². The number of benzene rings is 3. The SMILES string of the molecule is Cc1ccc(N2CC(C)Cn3c2nc2c3c(=O)n(Cc3cccc4ccccc34)c(=O)n2C)cc1. The number of aryl methyl sites for hydroxylation is 2. The van der Waals surface area contributed by atoms with Gasteiger partial charge in [-0.2, -0.15) is 4.98 Å². The molecule has 2 aromatic heterocycles. The fourth-order valence-electron chi connectivity index (χ4n) is 5.19. The Morgan fingerprint density at radius 1 is 0.943 bits per heavy atom. The van der Waals surface area contributed by atoms with E-state index in [-0.39, 0.29) is 17.8 Å². The van der Waals surface area contributed by atoms with E-state index in [1.54, 1.807) is 7.05 Å². The topological polar surface area (TPSA) is 65.1 Å². The molecule has 176 valence electrons. The summed E-state index contributed by atoms with van der Waals surface area (Å²) < 4.78 is 4.84. The van der Waals surface area contributed by atoms with Gasteiger partial charge in [-0.1, -0.05) is 67.1 Å². The van der Waals surface area contributed by atoms with Crippen LogP contribution in [0.25, 0.3) is 21.9 Å². The van der Waals surface area contributed by atoms with E-state index in [0.717, 1.165) is 28.6 Å². The van der Waals surface area contributed by atoms with Gasteiger partial charge in [0.25, 0.3) is 5.56 Å². The lowest BCUT2D eigenvalue weighted by molar-refractivity contribution is 0.458. The van der Waals surface area contributed by atoms with Crippen molar-refractivity contribution in [3.05, 3.63) is 98.7 Å². The molecule has 3 heterocycles. The second kappa shape index (κ2) is 7.98. The van der Waals surface area contributed by atoms with Crippen molar-refractivity contribution in [3.8, 4) is 0 Å². The molecule has 1 aliphatic rings. The first-order valence-electron chi connectivity index (χ1n) is 11.9. The Balaban J connectivity index is 1.55. The minimum atomic E-state index is -0.360. The van der Waals surface area contributed by atoms with Crippen molar-refractivity contribution in [2.45, 2.75) is 26.9 Å². The van der Waals surface area contributed by atoms with Crippen molar-refractivity contribution in [1.82, 2.24) is 18.7 Å². The lowest BCUT2D eigenvalue weighted by Crippen LogP contribution is -2.40. The molecule has 1 atom stereocenters. The molecular weight excluding hydrogens is 438 g/mol. The first-order valence-corrected chi connectivity index (χ1v) is 11.9. The number of nitrogens with zero attached hydrogens (tertiary/aromatic N) is 5. The van der Waals surface area contributed by atoms with Crippen LogP contribution in [0.15, 0.2) is 76.3 Å². The van der Waals surface area contributed by atoms with Crippen LogP contribution in [0.4, 0.5) is 11.6 Å². The standard InChI is InChI=1S/C28H27N5O2/c1-18-11-13-22(14-12-18)31-15-19(2)16-32-24-25(29-27(31)32)30(3)28(35)33(26(24)34)17-21-9-6-8-20-7-4-5-10-23(20)21/h4-14,19H,15-17H2,1-3H3. The smallest absolute Gasteiger partial charge is 0.312 e. The Morgan fingerprint density at radius 2 is 1.69 bits per heavy atom. The number of hydrogen-bond acceptors (Lipinski definition) is 4. The Kier molecular flexibility index (Phi) is 4.88. The third kappa shape index (κ3) is 3.38. The lowest BCUT2D eigenvalue weighted by atomic mass is 10.0. The minimum Gasteiger partial charge on any atom is -0.312 e. The highest BCUT2D eigenvalue weighted by Crippen LogP contribution is 2.33. The van der Waals surface area contributed by atoms with Crippen LogP contribution in [0.1, 0.15) is 18.1 Å². The highest BCUT2D eigenvalue weighted by atomic mass is 16.2. The van der Waals surface area contributed by atoms with Crippen LogP contribution in [0, 0.1) is 12.8 Å². The Bertz CT molecular complexity index is 1700. The maximum Gasteiger partial charge on any atom is 0.332 e. The molecule has 0 bridgehead atoms. The minimum absolute atomic E-state index is 0.209. The molecule has 7 nitrogen and oxygen atoms in total. The quantitative estimate of drug-likeness (QED) is 0.401. The second-order valence-electron chi connectivity index (χ2n) is 9.62. The molecule has 0 fully saturated rings. The Hall–Kier alpha value is -4.13. The fraction of sp³-hybridized carbons (Fsp3) is 0.250. The molecule has 5 aromatic rings. The van der Waals surface area contributed by atoms with Crippen LogP contribution in [0.2, 0.25) is 0 Å². The molecule has 35 heavy (non-hydrogen) atoms. The van der Waals surface area contributed by atoms with E-state index in [2.05, 4.69) is 43.0 Å². The molecule has 0 spiro atoms. The van der Waals surface area contributed by atoms with Crippen molar-refractivity contribution < 1.29 is 0 Å². The predicted octanol–water partition coefficient (Wildman–Crippen LogP) is 4.19. The first kappa shape index (κ1) is 21.4. The average molecular weight is 466 g/mol. The number of aromatic nitrogens is 4. The third-order valence-electron chi connectivity index (χ3n) is 7.00. The van der Waals surface area contributed by atoms with E-state index < -0.39 is 0 Å². The molecule has 0 amide bonds. The van der Waals surface area contributed by atoms with Gasteiger partial charge >= 0.3 is 5.69 Å². The summed E-state index contributed by atoms with van der Waals surface area (Å²) in [5, 5.41) is 2.12. The largest absolute Gasteiger partial charge is 0.332 e. The number of fused-ring (bicyclic) bond motifs is 4. The molecule has 1 unspecified atom stereocenters. The third-order valence-corrected chi connectivity index (χ3v) is 7.00. The fourth-order valence-corrected chi connectivity index (χ4v) is 5.19. The van der Waals surface area contributed by atoms with E-state index >= 15 is 0 Å². The molecule has 1 aliphatic heterocycles. The monoisotopic (exact) mass is 465 g/mol. The average Bonchev–Trinajstić information content (AvgIpc) is 3.25. The van der Waals surface area contributed by atoms with E-state index in [4.69, 9.17) is 4.98 Å². The summed E-state index contributed by atoms with van der Waals surface area (Å²) in [6.45, 7) is 5.92. The summed E-state index contributed by atoms with van der Waals surface area (Å²) in [4.78, 5) is 34.2. The van der Waals surface area contributed by atoms with Crippen LogP contribution < -0.4 is 16.1 Å². The Morgan fingerprint density at radius 3 is 2.49 bits per heavy atom. The number of anilines is 2. The first-order chi connectivity index (χ1) is 16.9. The van der Waals surface area contributed by atoms with Crippen LogP contribution in [-0.2, 0) is 20.1 Å². The molecule has 0 saturated heterocycles. The summed E-state index contributed by atoms with van der Waals surface area (Å²) in [6.07, 6.45) is 0. The van der Waals surface area contributed by atoms with Gasteiger partial charge in [0.15, 0.2) is 11.2 Å². The summed E-state index contributed by atoms with van der Waals surface area (Å²) in [5.41, 5.74) is 3.40. The zero-order valence-corrected chi connectivity index (χ0v) is 20.1. The Labute approximate surface area is 202 Å². The van der Waals surface area contributed by atoms with Gasteiger partial charge in [-0.15, -0.1) is 0 Å². The normalized spacial score (nSPS) is 15.6. The molecule has 0 N–H and O–H groups in total. The number of hydrogen-bond donors (Lipinski definition) is 0. The van der Waals surface area contributed by atoms with E-state index in [0.29, 0.717) is 29.6 Å². The van der Waals surface area contributed by atoms with Gasteiger partial charge in [0.05, 0.1) is 6.54 Å². The van der Waals surface area contributed by atoms with Gasteiger partial charge in [-0.25, -0.2) is 4.79 Å². The summed E-state index contributed by atoms with van der Waals surface area (Å²) in [5.74, 6) is 1.02. The van der Waals surface area contributed by atoms with Crippen LogP contribution in [-0.4, -0.2) is 25.2 Å². The summed E-state index contributed by atoms with van der Waals surface area (Å²) in [6, 6.07) is 22.3. The van der Waals surface area contributed by atoms with Gasteiger partial charge < -0.3 is 9.47 Å². The van der Waals surface area contributed by atoms with Crippen molar-refractivity contribution in [2.24, 2.45) is 13.0 Å². The second-order valence-corrected chi connectivity index (χ2v) is 9.62. The molecule has 7 heteroatoms.